The molecule has 1 atom stereocenters. The number of hydrogen-bond acceptors (Lipinski definition) is 3. The SMILES string of the molecule is CC(C)C[C@H](CC(=O)O)C[N+](=O)[O-].[H-].[Na+]. The molecule has 0 bridgehead atoms. The number of nitro groups is 1. The second-order valence-corrected chi connectivity index (χ2v) is 3.61. The van der Waals surface area contributed by atoms with Crippen molar-refractivity contribution in [2.45, 2.75) is 26.7 Å². The molecule has 0 spiro atoms. The summed E-state index contributed by atoms with van der Waals surface area (Å²) < 4.78 is 0. The average Bonchev–Trinajstić information content (AvgIpc) is 1.80. The number of rotatable bonds is 6. The number of nitrogens with zero attached hydrogens (tertiary/aromatic N) is 1. The van der Waals surface area contributed by atoms with E-state index in [1.807, 2.05) is 13.8 Å². The molecular weight excluding hydrogens is 197 g/mol. The maximum absolute atomic E-state index is 10.4. The van der Waals surface area contributed by atoms with E-state index in [4.69, 9.17) is 5.11 Å². The molecule has 5 nitrogen and oxygen atoms in total. The predicted octanol–water partition coefficient (Wildman–Crippen LogP) is -1.48. The Balaban J connectivity index is -0.000000720. The first-order valence-electron chi connectivity index (χ1n) is 4.25. The van der Waals surface area contributed by atoms with E-state index < -0.39 is 10.9 Å². The van der Waals surface area contributed by atoms with Crippen LogP contribution < -0.4 is 29.6 Å². The standard InChI is InChI=1S/C8H15NO4.Na.H/c1-6(2)3-7(4-8(10)11)5-9(12)13;;/h6-7H,3-5H2,1-2H3,(H,10,11);;/q;+1;-1/t7-;;/m1../s1. The fourth-order valence-electron chi connectivity index (χ4n) is 1.35. The predicted molar refractivity (Wildman–Crippen MR) is 48.2 cm³/mol. The molecule has 0 unspecified atom stereocenters. The monoisotopic (exact) mass is 213 g/mol. The Morgan fingerprint density at radius 2 is 2.07 bits per heavy atom. The summed E-state index contributed by atoms with van der Waals surface area (Å²) in [5.41, 5.74) is 0. The number of carbonyl (C=O) groups is 1. The summed E-state index contributed by atoms with van der Waals surface area (Å²) in [4.78, 5) is 20.1. The zero-order valence-electron chi connectivity index (χ0n) is 9.90. The molecule has 14 heavy (non-hydrogen) atoms. The summed E-state index contributed by atoms with van der Waals surface area (Å²) in [5, 5.41) is 18.7. The third kappa shape index (κ3) is 9.95. The van der Waals surface area contributed by atoms with E-state index in [0.29, 0.717) is 12.3 Å². The molecule has 0 aliphatic heterocycles. The van der Waals surface area contributed by atoms with Gasteiger partial charge in [-0.05, 0) is 12.3 Å². The second-order valence-electron chi connectivity index (χ2n) is 3.61. The quantitative estimate of drug-likeness (QED) is 0.331. The normalized spacial score (nSPS) is 11.9. The van der Waals surface area contributed by atoms with E-state index in [0.717, 1.165) is 0 Å². The molecule has 1 N–H and O–H groups in total. The molecular formula is C8H16NNaO4. The van der Waals surface area contributed by atoms with Gasteiger partial charge >= 0.3 is 35.5 Å². The third-order valence-electron chi connectivity index (χ3n) is 1.68. The van der Waals surface area contributed by atoms with Crippen LogP contribution in [-0.4, -0.2) is 22.5 Å². The van der Waals surface area contributed by atoms with Crippen LogP contribution in [0, 0.1) is 22.0 Å². The van der Waals surface area contributed by atoms with Crippen molar-refractivity contribution < 1.29 is 45.8 Å². The molecule has 0 aliphatic rings. The zero-order valence-corrected chi connectivity index (χ0v) is 10.9. The Morgan fingerprint density at radius 3 is 2.36 bits per heavy atom. The van der Waals surface area contributed by atoms with Crippen molar-refractivity contribution in [2.75, 3.05) is 6.54 Å². The largest absolute Gasteiger partial charge is 1.00 e. The van der Waals surface area contributed by atoms with Crippen LogP contribution in [0.15, 0.2) is 0 Å². The van der Waals surface area contributed by atoms with Gasteiger partial charge in [-0.15, -0.1) is 0 Å². The molecule has 0 radical (unpaired) electrons. The van der Waals surface area contributed by atoms with Crippen LogP contribution in [0.2, 0.25) is 0 Å². The van der Waals surface area contributed by atoms with Crippen LogP contribution in [0.1, 0.15) is 28.1 Å². The average molecular weight is 213 g/mol. The van der Waals surface area contributed by atoms with Crippen molar-refractivity contribution in [1.82, 2.24) is 0 Å². The van der Waals surface area contributed by atoms with E-state index in [1.165, 1.54) is 0 Å². The van der Waals surface area contributed by atoms with Crippen LogP contribution in [0.4, 0.5) is 0 Å². The molecule has 0 aromatic rings. The Labute approximate surface area is 107 Å². The van der Waals surface area contributed by atoms with Gasteiger partial charge in [0, 0.05) is 10.8 Å². The van der Waals surface area contributed by atoms with Gasteiger partial charge in [0.15, 0.2) is 0 Å². The summed E-state index contributed by atoms with van der Waals surface area (Å²) in [6.45, 7) is 3.61. The Kier molecular flexibility index (Phi) is 9.55. The smallest absolute Gasteiger partial charge is 1.00 e. The summed E-state index contributed by atoms with van der Waals surface area (Å²) in [6.07, 6.45) is 0.479. The molecule has 0 amide bonds. The van der Waals surface area contributed by atoms with Crippen molar-refractivity contribution in [3.63, 3.8) is 0 Å². The third-order valence-corrected chi connectivity index (χ3v) is 1.68. The summed E-state index contributed by atoms with van der Waals surface area (Å²) >= 11 is 0. The fourth-order valence-corrected chi connectivity index (χ4v) is 1.35. The van der Waals surface area contributed by atoms with Gasteiger partial charge in [0.25, 0.3) is 0 Å². The minimum atomic E-state index is -0.965. The summed E-state index contributed by atoms with van der Waals surface area (Å²) in [5.74, 6) is -1.01. The van der Waals surface area contributed by atoms with Gasteiger partial charge < -0.3 is 6.53 Å². The van der Waals surface area contributed by atoms with Gasteiger partial charge in [-0.3, -0.25) is 14.9 Å². The topological polar surface area (TPSA) is 80.4 Å². The van der Waals surface area contributed by atoms with E-state index in [9.17, 15) is 14.9 Å². The van der Waals surface area contributed by atoms with Crippen LogP contribution >= 0.6 is 0 Å². The van der Waals surface area contributed by atoms with Crippen molar-refractivity contribution in [1.29, 1.82) is 0 Å². The molecule has 6 heteroatoms. The van der Waals surface area contributed by atoms with Gasteiger partial charge in [-0.25, -0.2) is 0 Å². The van der Waals surface area contributed by atoms with Crippen molar-refractivity contribution in [3.8, 4) is 0 Å². The van der Waals surface area contributed by atoms with E-state index in [1.54, 1.807) is 0 Å². The molecule has 0 fully saturated rings. The fraction of sp³-hybridized carbons (Fsp3) is 0.875. The Hall–Kier alpha value is -0.130. The van der Waals surface area contributed by atoms with E-state index in [-0.39, 0.29) is 49.9 Å². The summed E-state index contributed by atoms with van der Waals surface area (Å²) in [6, 6.07) is 0. The van der Waals surface area contributed by atoms with Gasteiger partial charge in [0.1, 0.15) is 0 Å². The maximum Gasteiger partial charge on any atom is 1.00 e. The molecule has 0 heterocycles. The first kappa shape index (κ1) is 16.3. The number of aliphatic carboxylic acids is 1. The molecule has 0 aliphatic carbocycles. The van der Waals surface area contributed by atoms with E-state index in [2.05, 4.69) is 0 Å². The van der Waals surface area contributed by atoms with Crippen LogP contribution in [0.25, 0.3) is 0 Å². The van der Waals surface area contributed by atoms with Crippen molar-refractivity contribution >= 4 is 5.97 Å². The van der Waals surface area contributed by atoms with Gasteiger partial charge in [0.05, 0.1) is 6.42 Å². The molecule has 78 valence electrons. The maximum atomic E-state index is 10.4. The minimum Gasteiger partial charge on any atom is -1.00 e. The first-order valence-corrected chi connectivity index (χ1v) is 4.25. The van der Waals surface area contributed by atoms with Gasteiger partial charge in [-0.1, -0.05) is 13.8 Å². The van der Waals surface area contributed by atoms with Crippen molar-refractivity contribution in [3.05, 3.63) is 10.1 Å². The molecule has 0 saturated heterocycles. The zero-order chi connectivity index (χ0) is 10.4. The minimum absolute atomic E-state index is 0. The molecule has 0 aromatic carbocycles. The second kappa shape index (κ2) is 8.20. The van der Waals surface area contributed by atoms with Crippen LogP contribution in [0.5, 0.6) is 0 Å². The van der Waals surface area contributed by atoms with Crippen LogP contribution in [0.3, 0.4) is 0 Å². The number of carboxylic acid groups (broad SMARTS) is 1. The number of hydrogen-bond donors (Lipinski definition) is 1. The molecule has 0 rings (SSSR count). The molecule has 0 aromatic heterocycles. The van der Waals surface area contributed by atoms with Gasteiger partial charge in [-0.2, -0.15) is 0 Å². The first-order chi connectivity index (χ1) is 5.91. The van der Waals surface area contributed by atoms with E-state index >= 15 is 0 Å². The Bertz CT molecular complexity index is 185. The Morgan fingerprint density at radius 1 is 1.57 bits per heavy atom. The summed E-state index contributed by atoms with van der Waals surface area (Å²) in [7, 11) is 0. The van der Waals surface area contributed by atoms with Crippen molar-refractivity contribution in [2.24, 2.45) is 11.8 Å². The van der Waals surface area contributed by atoms with Gasteiger partial charge in [0.2, 0.25) is 6.54 Å². The molecule has 0 saturated carbocycles. The number of carboxylic acids is 1. The van der Waals surface area contributed by atoms with Crippen LogP contribution in [-0.2, 0) is 4.79 Å².